The second kappa shape index (κ2) is 8.95. The first-order chi connectivity index (χ1) is 16.1. The fraction of sp³-hybridized carbons (Fsp3) is 0.250. The van der Waals surface area contributed by atoms with E-state index in [0.29, 0.717) is 43.7 Å². The predicted octanol–water partition coefficient (Wildman–Crippen LogP) is 2.33. The molecule has 9 heteroatoms. The van der Waals surface area contributed by atoms with Gasteiger partial charge in [0.2, 0.25) is 0 Å². The Morgan fingerprint density at radius 2 is 1.79 bits per heavy atom. The van der Waals surface area contributed by atoms with Crippen molar-refractivity contribution in [1.82, 2.24) is 30.2 Å². The van der Waals surface area contributed by atoms with Crippen LogP contribution in [0.5, 0.6) is 0 Å². The first-order valence-corrected chi connectivity index (χ1v) is 10.8. The zero-order chi connectivity index (χ0) is 22.8. The van der Waals surface area contributed by atoms with Crippen molar-refractivity contribution in [2.75, 3.05) is 26.2 Å². The highest BCUT2D eigenvalue weighted by Gasteiger charge is 2.24. The number of benzene rings is 2. The average molecular weight is 446 g/mol. The van der Waals surface area contributed by atoms with Crippen LogP contribution in [0.4, 0.5) is 4.39 Å². The fourth-order valence-electron chi connectivity index (χ4n) is 4.24. The molecule has 4 aromatic rings. The van der Waals surface area contributed by atoms with E-state index in [9.17, 15) is 14.0 Å². The molecule has 1 amide bonds. The molecule has 1 aliphatic heterocycles. The normalized spacial score (nSPS) is 14.6. The molecule has 0 atom stereocenters. The molecule has 1 aliphatic rings. The summed E-state index contributed by atoms with van der Waals surface area (Å²) in [6, 6.07) is 13.7. The molecule has 3 heterocycles. The van der Waals surface area contributed by atoms with Crippen molar-refractivity contribution in [3.8, 4) is 0 Å². The molecule has 2 aromatic heterocycles. The Hall–Kier alpha value is -3.85. The second-order valence-electron chi connectivity index (χ2n) is 8.19. The summed E-state index contributed by atoms with van der Waals surface area (Å²) < 4.78 is 14.6. The Morgan fingerprint density at radius 1 is 1.00 bits per heavy atom. The summed E-state index contributed by atoms with van der Waals surface area (Å²) in [6.07, 6.45) is 2.09. The van der Waals surface area contributed by atoms with Crippen molar-refractivity contribution in [2.24, 2.45) is 0 Å². The highest BCUT2D eigenvalue weighted by atomic mass is 19.1. The smallest absolute Gasteiger partial charge is 0.272 e. The third kappa shape index (κ3) is 4.40. The van der Waals surface area contributed by atoms with Crippen LogP contribution >= 0.6 is 0 Å². The molecule has 5 rings (SSSR count). The molecule has 33 heavy (non-hydrogen) atoms. The standard InChI is InChI=1S/C24H23FN6O2/c25-21-6-5-16(14-22-18-3-1-2-4-19(18)23(32)29-28-22)13-20(21)24(33)31-11-9-30(10-12-31)15-17-7-8-26-27-17/h1-8,13H,9-12,14-15H2,(H,26,27)(H,29,32). The molecule has 0 bridgehead atoms. The van der Waals surface area contributed by atoms with Crippen LogP contribution in [0.1, 0.15) is 27.3 Å². The van der Waals surface area contributed by atoms with E-state index in [-0.39, 0.29) is 17.0 Å². The van der Waals surface area contributed by atoms with E-state index in [0.717, 1.165) is 23.2 Å². The van der Waals surface area contributed by atoms with Crippen molar-refractivity contribution in [3.05, 3.63) is 93.4 Å². The van der Waals surface area contributed by atoms with Gasteiger partial charge in [-0.3, -0.25) is 19.6 Å². The van der Waals surface area contributed by atoms with E-state index < -0.39 is 5.82 Å². The molecule has 168 valence electrons. The van der Waals surface area contributed by atoms with E-state index in [2.05, 4.69) is 25.3 Å². The highest BCUT2D eigenvalue weighted by Crippen LogP contribution is 2.20. The lowest BCUT2D eigenvalue weighted by molar-refractivity contribution is 0.0622. The Kier molecular flexibility index (Phi) is 5.70. The maximum absolute atomic E-state index is 14.6. The summed E-state index contributed by atoms with van der Waals surface area (Å²) in [5, 5.41) is 14.9. The number of fused-ring (bicyclic) bond motifs is 1. The van der Waals surface area contributed by atoms with Gasteiger partial charge in [-0.15, -0.1) is 0 Å². The number of nitrogens with zero attached hydrogens (tertiary/aromatic N) is 4. The molecule has 0 radical (unpaired) electrons. The number of hydrogen-bond donors (Lipinski definition) is 2. The number of piperazine rings is 1. The van der Waals surface area contributed by atoms with E-state index in [1.165, 1.54) is 6.07 Å². The van der Waals surface area contributed by atoms with Gasteiger partial charge in [0.15, 0.2) is 0 Å². The van der Waals surface area contributed by atoms with E-state index in [1.54, 1.807) is 35.4 Å². The molecular formula is C24H23FN6O2. The van der Waals surface area contributed by atoms with E-state index in [1.807, 2.05) is 18.2 Å². The number of aromatic nitrogens is 4. The molecular weight excluding hydrogens is 423 g/mol. The lowest BCUT2D eigenvalue weighted by atomic mass is 10.0. The number of carbonyl (C=O) groups is 1. The van der Waals surface area contributed by atoms with Gasteiger partial charge in [0.1, 0.15) is 5.82 Å². The Balaban J connectivity index is 1.32. The zero-order valence-electron chi connectivity index (χ0n) is 17.9. The third-order valence-corrected chi connectivity index (χ3v) is 6.02. The monoisotopic (exact) mass is 446 g/mol. The second-order valence-corrected chi connectivity index (χ2v) is 8.19. The maximum Gasteiger partial charge on any atom is 0.272 e. The number of hydrogen-bond acceptors (Lipinski definition) is 5. The summed E-state index contributed by atoms with van der Waals surface area (Å²) in [7, 11) is 0. The summed E-state index contributed by atoms with van der Waals surface area (Å²) >= 11 is 0. The first-order valence-electron chi connectivity index (χ1n) is 10.8. The molecule has 0 saturated carbocycles. The van der Waals surface area contributed by atoms with Crippen molar-refractivity contribution in [3.63, 3.8) is 0 Å². The number of H-pyrrole nitrogens is 2. The van der Waals surface area contributed by atoms with Crippen LogP contribution in [0.3, 0.4) is 0 Å². The van der Waals surface area contributed by atoms with Crippen molar-refractivity contribution in [2.45, 2.75) is 13.0 Å². The van der Waals surface area contributed by atoms with Crippen molar-refractivity contribution < 1.29 is 9.18 Å². The Labute approximate surface area is 189 Å². The summed E-state index contributed by atoms with van der Waals surface area (Å²) in [6.45, 7) is 3.22. The van der Waals surface area contributed by atoms with Crippen LogP contribution < -0.4 is 5.56 Å². The summed E-state index contributed by atoms with van der Waals surface area (Å²) in [4.78, 5) is 29.1. The SMILES string of the molecule is O=C(c1cc(Cc2n[nH]c(=O)c3ccccc23)ccc1F)N1CCN(Cc2ccn[nH]2)CC1. The number of rotatable bonds is 5. The Bertz CT molecular complexity index is 1340. The van der Waals surface area contributed by atoms with E-state index >= 15 is 0 Å². The molecule has 1 saturated heterocycles. The predicted molar refractivity (Wildman–Crippen MR) is 121 cm³/mol. The molecule has 0 aliphatic carbocycles. The van der Waals surface area contributed by atoms with Crippen LogP contribution in [-0.4, -0.2) is 62.3 Å². The minimum atomic E-state index is -0.539. The number of halogens is 1. The quantitative estimate of drug-likeness (QED) is 0.490. The molecule has 8 nitrogen and oxygen atoms in total. The minimum absolute atomic E-state index is 0.0586. The molecule has 0 spiro atoms. The highest BCUT2D eigenvalue weighted by molar-refractivity contribution is 5.95. The number of carbonyl (C=O) groups excluding carboxylic acids is 1. The van der Waals surface area contributed by atoms with Gasteiger partial charge in [-0.05, 0) is 29.8 Å². The van der Waals surface area contributed by atoms with Crippen LogP contribution in [0, 0.1) is 5.82 Å². The molecule has 0 unspecified atom stereocenters. The minimum Gasteiger partial charge on any atom is -0.336 e. The lowest BCUT2D eigenvalue weighted by Gasteiger charge is -2.34. The van der Waals surface area contributed by atoms with E-state index in [4.69, 9.17) is 0 Å². The number of amides is 1. The van der Waals surface area contributed by atoms with Crippen molar-refractivity contribution >= 4 is 16.7 Å². The van der Waals surface area contributed by atoms with Gasteiger partial charge >= 0.3 is 0 Å². The van der Waals surface area contributed by atoms with Gasteiger partial charge in [0, 0.05) is 56.4 Å². The molecule has 2 aromatic carbocycles. The van der Waals surface area contributed by atoms with Gasteiger partial charge in [0.25, 0.3) is 11.5 Å². The van der Waals surface area contributed by atoms with Gasteiger partial charge in [-0.1, -0.05) is 24.3 Å². The van der Waals surface area contributed by atoms with Crippen LogP contribution in [0.2, 0.25) is 0 Å². The van der Waals surface area contributed by atoms with Gasteiger partial charge in [0.05, 0.1) is 16.6 Å². The maximum atomic E-state index is 14.6. The van der Waals surface area contributed by atoms with Crippen LogP contribution in [0.25, 0.3) is 10.8 Å². The average Bonchev–Trinajstić information content (AvgIpc) is 3.35. The van der Waals surface area contributed by atoms with Crippen LogP contribution in [0.15, 0.2) is 59.5 Å². The third-order valence-electron chi connectivity index (χ3n) is 6.02. The summed E-state index contributed by atoms with van der Waals surface area (Å²) in [5.41, 5.74) is 2.25. The zero-order valence-corrected chi connectivity index (χ0v) is 17.9. The lowest BCUT2D eigenvalue weighted by Crippen LogP contribution is -2.48. The Morgan fingerprint density at radius 3 is 2.55 bits per heavy atom. The fourth-order valence-corrected chi connectivity index (χ4v) is 4.24. The van der Waals surface area contributed by atoms with Crippen molar-refractivity contribution in [1.29, 1.82) is 0 Å². The molecule has 1 fully saturated rings. The number of aromatic amines is 2. The van der Waals surface area contributed by atoms with Gasteiger partial charge in [-0.25, -0.2) is 9.49 Å². The van der Waals surface area contributed by atoms with Gasteiger partial charge < -0.3 is 4.90 Å². The first kappa shape index (κ1) is 21.0. The number of nitrogens with one attached hydrogen (secondary N) is 2. The molecule has 2 N–H and O–H groups in total. The van der Waals surface area contributed by atoms with Gasteiger partial charge in [-0.2, -0.15) is 10.2 Å². The summed E-state index contributed by atoms with van der Waals surface area (Å²) in [5.74, 6) is -0.849. The largest absolute Gasteiger partial charge is 0.336 e. The topological polar surface area (TPSA) is 98.0 Å². The van der Waals surface area contributed by atoms with Crippen LogP contribution in [-0.2, 0) is 13.0 Å².